The third kappa shape index (κ3) is 3.84. The molecule has 1 amide bonds. The van der Waals surface area contributed by atoms with Crippen molar-refractivity contribution in [2.75, 3.05) is 19.7 Å². The molecular weight excluding hydrogens is 266 g/mol. The number of carbonyl (C=O) groups excluding carboxylic acids is 2. The Hall–Kier alpha value is -1.84. The van der Waals surface area contributed by atoms with E-state index in [0.717, 1.165) is 36.0 Å². The van der Waals surface area contributed by atoms with Crippen molar-refractivity contribution in [3.63, 3.8) is 0 Å². The lowest BCUT2D eigenvalue weighted by atomic mass is 10.0. The van der Waals surface area contributed by atoms with E-state index in [1.54, 1.807) is 0 Å². The number of esters is 1. The summed E-state index contributed by atoms with van der Waals surface area (Å²) in [5, 5.41) is 0. The van der Waals surface area contributed by atoms with E-state index in [1.165, 1.54) is 0 Å². The monoisotopic (exact) mass is 289 g/mol. The van der Waals surface area contributed by atoms with Crippen LogP contribution in [0.2, 0.25) is 0 Å². The number of amides is 1. The first-order valence-corrected chi connectivity index (χ1v) is 7.69. The number of hydrogen-bond donors (Lipinski definition) is 0. The van der Waals surface area contributed by atoms with E-state index in [4.69, 9.17) is 4.74 Å². The average Bonchev–Trinajstić information content (AvgIpc) is 2.78. The standard InChI is InChI=1S/C17H23NO3/c1-3-18-12-14-10-13(11-16(19)21-4-2)8-6-5-7-9-15(14)17(18)20/h7,9-10H,3-6,8,11-12H2,1-2H3/b9-7-,13-10+. The van der Waals surface area contributed by atoms with E-state index in [-0.39, 0.29) is 11.9 Å². The lowest BCUT2D eigenvalue weighted by molar-refractivity contribution is -0.142. The Balaban J connectivity index is 2.24. The number of ether oxygens (including phenoxy) is 1. The Morgan fingerprint density at radius 1 is 1.38 bits per heavy atom. The Bertz CT molecular complexity index is 514. The van der Waals surface area contributed by atoms with Crippen LogP contribution >= 0.6 is 0 Å². The average molecular weight is 289 g/mol. The molecule has 0 spiro atoms. The summed E-state index contributed by atoms with van der Waals surface area (Å²) in [6.07, 6.45) is 9.16. The molecule has 0 aromatic carbocycles. The summed E-state index contributed by atoms with van der Waals surface area (Å²) in [5.74, 6) is -0.0906. The Labute approximate surface area is 126 Å². The molecule has 0 bridgehead atoms. The Kier molecular flexibility index (Phi) is 5.37. The zero-order valence-electron chi connectivity index (χ0n) is 12.9. The SMILES string of the molecule is CCOC(=O)C/C1=C/C2=C(/C=C\CCC1)C(=O)N(CC)C2. The lowest BCUT2D eigenvalue weighted by Gasteiger charge is -2.13. The van der Waals surface area contributed by atoms with Crippen LogP contribution in [0.3, 0.4) is 0 Å². The summed E-state index contributed by atoms with van der Waals surface area (Å²) in [5.41, 5.74) is 2.87. The van der Waals surface area contributed by atoms with Crippen molar-refractivity contribution in [3.05, 3.63) is 34.9 Å². The normalized spacial score (nSPS) is 22.9. The highest BCUT2D eigenvalue weighted by atomic mass is 16.5. The fourth-order valence-corrected chi connectivity index (χ4v) is 2.73. The molecule has 2 rings (SSSR count). The van der Waals surface area contributed by atoms with Crippen LogP contribution in [0.1, 0.15) is 39.5 Å². The molecule has 0 saturated carbocycles. The van der Waals surface area contributed by atoms with Crippen LogP contribution in [0.4, 0.5) is 0 Å². The van der Waals surface area contributed by atoms with E-state index < -0.39 is 0 Å². The van der Waals surface area contributed by atoms with Crippen molar-refractivity contribution in [2.24, 2.45) is 0 Å². The minimum absolute atomic E-state index is 0.0948. The largest absolute Gasteiger partial charge is 0.466 e. The summed E-state index contributed by atoms with van der Waals surface area (Å²) in [7, 11) is 0. The molecule has 0 radical (unpaired) electrons. The van der Waals surface area contributed by atoms with Gasteiger partial charge in [0.1, 0.15) is 0 Å². The molecule has 0 saturated heterocycles. The predicted molar refractivity (Wildman–Crippen MR) is 81.6 cm³/mol. The van der Waals surface area contributed by atoms with E-state index in [9.17, 15) is 9.59 Å². The van der Waals surface area contributed by atoms with Crippen LogP contribution in [-0.4, -0.2) is 36.5 Å². The number of rotatable bonds is 4. The van der Waals surface area contributed by atoms with Crippen molar-refractivity contribution in [2.45, 2.75) is 39.5 Å². The van der Waals surface area contributed by atoms with Crippen LogP contribution in [-0.2, 0) is 14.3 Å². The summed E-state index contributed by atoms with van der Waals surface area (Å²) in [4.78, 5) is 25.8. The topological polar surface area (TPSA) is 46.6 Å². The van der Waals surface area contributed by atoms with Gasteiger partial charge in [-0.2, -0.15) is 0 Å². The second-order valence-corrected chi connectivity index (χ2v) is 5.34. The maximum Gasteiger partial charge on any atom is 0.309 e. The molecule has 0 aromatic rings. The third-order valence-corrected chi connectivity index (χ3v) is 3.81. The van der Waals surface area contributed by atoms with Crippen molar-refractivity contribution in [3.8, 4) is 0 Å². The van der Waals surface area contributed by atoms with Gasteiger partial charge >= 0.3 is 5.97 Å². The highest BCUT2D eigenvalue weighted by Crippen LogP contribution is 2.26. The van der Waals surface area contributed by atoms with Crippen molar-refractivity contribution in [1.29, 1.82) is 0 Å². The highest BCUT2D eigenvalue weighted by Gasteiger charge is 2.27. The fraction of sp³-hybridized carbons (Fsp3) is 0.529. The van der Waals surface area contributed by atoms with E-state index in [2.05, 4.69) is 6.08 Å². The van der Waals surface area contributed by atoms with Gasteiger partial charge in [-0.3, -0.25) is 9.59 Å². The number of nitrogens with zero attached hydrogens (tertiary/aromatic N) is 1. The molecule has 1 aliphatic carbocycles. The molecule has 1 heterocycles. The summed E-state index contributed by atoms with van der Waals surface area (Å²) in [6.45, 7) is 5.55. The third-order valence-electron chi connectivity index (χ3n) is 3.81. The number of likely N-dealkylation sites (N-methyl/N-ethyl adjacent to an activating group) is 1. The second kappa shape index (κ2) is 7.25. The summed E-state index contributed by atoms with van der Waals surface area (Å²) >= 11 is 0. The Morgan fingerprint density at radius 2 is 2.19 bits per heavy atom. The lowest BCUT2D eigenvalue weighted by Crippen LogP contribution is -2.26. The first-order chi connectivity index (χ1) is 10.2. The molecular formula is C17H23NO3. The van der Waals surface area contributed by atoms with E-state index in [0.29, 0.717) is 26.1 Å². The minimum atomic E-state index is -0.185. The first-order valence-electron chi connectivity index (χ1n) is 7.69. The summed E-state index contributed by atoms with van der Waals surface area (Å²) < 4.78 is 5.03. The minimum Gasteiger partial charge on any atom is -0.466 e. The molecule has 0 fully saturated rings. The highest BCUT2D eigenvalue weighted by molar-refractivity contribution is 6.00. The predicted octanol–water partition coefficient (Wildman–Crippen LogP) is 2.76. The van der Waals surface area contributed by atoms with Gasteiger partial charge in [0.15, 0.2) is 0 Å². The molecule has 4 nitrogen and oxygen atoms in total. The van der Waals surface area contributed by atoms with Crippen LogP contribution in [0.15, 0.2) is 34.9 Å². The van der Waals surface area contributed by atoms with Gasteiger partial charge in [0.2, 0.25) is 0 Å². The maximum atomic E-state index is 12.3. The van der Waals surface area contributed by atoms with Gasteiger partial charge in [0.25, 0.3) is 5.91 Å². The molecule has 0 unspecified atom stereocenters. The quantitative estimate of drug-likeness (QED) is 0.748. The molecule has 4 heteroatoms. The van der Waals surface area contributed by atoms with Crippen LogP contribution in [0.25, 0.3) is 0 Å². The molecule has 2 aliphatic rings. The maximum absolute atomic E-state index is 12.3. The molecule has 0 atom stereocenters. The second-order valence-electron chi connectivity index (χ2n) is 5.34. The van der Waals surface area contributed by atoms with Gasteiger partial charge in [0, 0.05) is 18.7 Å². The van der Waals surface area contributed by atoms with Gasteiger partial charge < -0.3 is 9.64 Å². The zero-order chi connectivity index (χ0) is 15.2. The number of carbonyl (C=O) groups is 2. The summed E-state index contributed by atoms with van der Waals surface area (Å²) in [6, 6.07) is 0. The number of hydrogen-bond acceptors (Lipinski definition) is 3. The van der Waals surface area contributed by atoms with Crippen molar-refractivity contribution < 1.29 is 14.3 Å². The van der Waals surface area contributed by atoms with Crippen LogP contribution in [0.5, 0.6) is 0 Å². The van der Waals surface area contributed by atoms with Gasteiger partial charge in [-0.25, -0.2) is 0 Å². The molecule has 0 N–H and O–H groups in total. The first kappa shape index (κ1) is 15.5. The zero-order valence-corrected chi connectivity index (χ0v) is 12.9. The molecule has 0 aromatic heterocycles. The smallest absolute Gasteiger partial charge is 0.309 e. The van der Waals surface area contributed by atoms with Gasteiger partial charge in [0.05, 0.1) is 13.0 Å². The molecule has 114 valence electrons. The van der Waals surface area contributed by atoms with Gasteiger partial charge in [-0.05, 0) is 38.7 Å². The van der Waals surface area contributed by atoms with Gasteiger partial charge in [-0.1, -0.05) is 23.8 Å². The van der Waals surface area contributed by atoms with Crippen LogP contribution in [0, 0.1) is 0 Å². The van der Waals surface area contributed by atoms with Crippen LogP contribution < -0.4 is 0 Å². The Morgan fingerprint density at radius 3 is 2.90 bits per heavy atom. The van der Waals surface area contributed by atoms with E-state index in [1.807, 2.05) is 30.9 Å². The van der Waals surface area contributed by atoms with Gasteiger partial charge in [-0.15, -0.1) is 0 Å². The van der Waals surface area contributed by atoms with E-state index >= 15 is 0 Å². The van der Waals surface area contributed by atoms with Crippen molar-refractivity contribution >= 4 is 11.9 Å². The number of allylic oxidation sites excluding steroid dienone is 1. The van der Waals surface area contributed by atoms with Crippen molar-refractivity contribution in [1.82, 2.24) is 4.90 Å². The fourth-order valence-electron chi connectivity index (χ4n) is 2.73. The molecule has 1 aliphatic heterocycles. The molecule has 21 heavy (non-hydrogen) atoms.